The van der Waals surface area contributed by atoms with Crippen LogP contribution >= 0.6 is 31.9 Å². The van der Waals surface area contributed by atoms with E-state index >= 15 is 0 Å². The van der Waals surface area contributed by atoms with Crippen LogP contribution in [0.4, 0.5) is 5.69 Å². The molecule has 0 aliphatic heterocycles. The van der Waals surface area contributed by atoms with Gasteiger partial charge >= 0.3 is 0 Å². The molecule has 0 saturated carbocycles. The lowest BCUT2D eigenvalue weighted by atomic mass is 10.2. The van der Waals surface area contributed by atoms with Gasteiger partial charge in [-0.15, -0.1) is 0 Å². The first-order valence-electron chi connectivity index (χ1n) is 6.10. The third-order valence-electron chi connectivity index (χ3n) is 3.01. The number of hydrogen-bond acceptors (Lipinski definition) is 5. The number of nitrogen functional groups attached to an aromatic ring is 1. The van der Waals surface area contributed by atoms with Crippen molar-refractivity contribution >= 4 is 57.4 Å². The van der Waals surface area contributed by atoms with Crippen molar-refractivity contribution in [1.29, 1.82) is 0 Å². The van der Waals surface area contributed by atoms with Crippen LogP contribution < -0.4 is 10.9 Å². The molecule has 124 valence electrons. The molecule has 0 aromatic heterocycles. The van der Waals surface area contributed by atoms with Crippen LogP contribution in [0.15, 0.2) is 55.1 Å². The number of sulfonamides is 1. The van der Waals surface area contributed by atoms with Gasteiger partial charge in [-0.2, -0.15) is 0 Å². The number of rotatable bonds is 4. The average molecular weight is 484 g/mol. The fourth-order valence-corrected chi connectivity index (χ4v) is 5.90. The zero-order chi connectivity index (χ0) is 17.4. The molecule has 0 radical (unpaired) electrons. The highest BCUT2D eigenvalue weighted by molar-refractivity contribution is 9.11. The Labute approximate surface area is 151 Å². The minimum Gasteiger partial charge on any atom is -0.398 e. The topological polar surface area (TPSA) is 120 Å². The summed E-state index contributed by atoms with van der Waals surface area (Å²) in [6.45, 7) is 0. The van der Waals surface area contributed by atoms with Crippen LogP contribution in [0, 0.1) is 0 Å². The first-order valence-corrected chi connectivity index (χ1v) is 10.9. The smallest absolute Gasteiger partial charge is 0.238 e. The molecule has 2 rings (SSSR count). The van der Waals surface area contributed by atoms with Crippen molar-refractivity contribution in [3.8, 4) is 0 Å². The SMILES string of the molecule is Nc1cc(Br)c(S(=O)(=O)Cc2ccccc2S(N)(=O)=O)cc1Br. The summed E-state index contributed by atoms with van der Waals surface area (Å²) in [4.78, 5) is -0.211. The summed E-state index contributed by atoms with van der Waals surface area (Å²) >= 11 is 6.34. The summed E-state index contributed by atoms with van der Waals surface area (Å²) in [6, 6.07) is 8.54. The predicted molar refractivity (Wildman–Crippen MR) is 95.0 cm³/mol. The zero-order valence-corrected chi connectivity index (χ0v) is 16.3. The van der Waals surface area contributed by atoms with Gasteiger partial charge < -0.3 is 5.73 Å². The van der Waals surface area contributed by atoms with Crippen molar-refractivity contribution in [3.05, 3.63) is 50.9 Å². The second-order valence-electron chi connectivity index (χ2n) is 4.72. The summed E-state index contributed by atoms with van der Waals surface area (Å²) < 4.78 is 49.2. The Morgan fingerprint density at radius 1 is 0.913 bits per heavy atom. The third-order valence-corrected chi connectivity index (χ3v) is 7.33. The van der Waals surface area contributed by atoms with Crippen molar-refractivity contribution in [1.82, 2.24) is 0 Å². The van der Waals surface area contributed by atoms with Crippen LogP contribution in [0.3, 0.4) is 0 Å². The summed E-state index contributed by atoms with van der Waals surface area (Å²) in [5, 5.41) is 5.13. The largest absolute Gasteiger partial charge is 0.398 e. The van der Waals surface area contributed by atoms with Gasteiger partial charge in [0.05, 0.1) is 15.5 Å². The number of nitrogens with two attached hydrogens (primary N) is 2. The second kappa shape index (κ2) is 6.52. The molecule has 0 aliphatic rings. The minimum absolute atomic E-state index is 0.00259. The number of sulfone groups is 1. The molecule has 0 spiro atoms. The van der Waals surface area contributed by atoms with Crippen molar-refractivity contribution in [2.75, 3.05) is 5.73 Å². The van der Waals surface area contributed by atoms with Gasteiger partial charge in [-0.1, -0.05) is 18.2 Å². The van der Waals surface area contributed by atoms with Gasteiger partial charge in [-0.25, -0.2) is 22.0 Å². The Morgan fingerprint density at radius 2 is 1.52 bits per heavy atom. The molecule has 0 heterocycles. The van der Waals surface area contributed by atoms with Crippen LogP contribution in [0.25, 0.3) is 0 Å². The summed E-state index contributed by atoms with van der Waals surface area (Å²) in [5.41, 5.74) is 6.18. The Kier molecular flexibility index (Phi) is 5.21. The maximum absolute atomic E-state index is 12.6. The van der Waals surface area contributed by atoms with Gasteiger partial charge in [-0.05, 0) is 55.6 Å². The van der Waals surface area contributed by atoms with E-state index in [1.807, 2.05) is 0 Å². The standard InChI is InChI=1S/C13H12Br2N2O4S2/c14-9-6-13(10(15)5-11(9)16)22(18,19)7-8-3-1-2-4-12(8)23(17,20)21/h1-6H,7,16H2,(H2,17,20,21). The van der Waals surface area contributed by atoms with Gasteiger partial charge in [0.2, 0.25) is 10.0 Å². The monoisotopic (exact) mass is 482 g/mol. The van der Waals surface area contributed by atoms with Crippen LogP contribution in [0.1, 0.15) is 5.56 Å². The van der Waals surface area contributed by atoms with E-state index in [0.29, 0.717) is 14.6 Å². The molecule has 23 heavy (non-hydrogen) atoms. The number of primary sulfonamides is 1. The number of benzene rings is 2. The lowest BCUT2D eigenvalue weighted by molar-refractivity contribution is 0.593. The Hall–Kier alpha value is -0.940. The molecule has 4 N–H and O–H groups in total. The van der Waals surface area contributed by atoms with Gasteiger partial charge in [0.15, 0.2) is 9.84 Å². The average Bonchev–Trinajstić information content (AvgIpc) is 2.41. The maximum atomic E-state index is 12.6. The third kappa shape index (κ3) is 4.13. The molecule has 2 aromatic rings. The van der Waals surface area contributed by atoms with E-state index in [1.165, 1.54) is 30.3 Å². The summed E-state index contributed by atoms with van der Waals surface area (Å²) in [5.74, 6) is -0.505. The molecular formula is C13H12Br2N2O4S2. The molecule has 0 saturated heterocycles. The first kappa shape index (κ1) is 18.4. The summed E-state index contributed by atoms with van der Waals surface area (Å²) in [7, 11) is -7.84. The van der Waals surface area contributed by atoms with E-state index in [-0.39, 0.29) is 15.4 Å². The predicted octanol–water partition coefficient (Wildman–Crippen LogP) is 2.42. The van der Waals surface area contributed by atoms with E-state index in [2.05, 4.69) is 31.9 Å². The van der Waals surface area contributed by atoms with Crippen LogP contribution in [0.2, 0.25) is 0 Å². The van der Waals surface area contributed by atoms with Crippen molar-refractivity contribution < 1.29 is 16.8 Å². The molecular weight excluding hydrogens is 472 g/mol. The van der Waals surface area contributed by atoms with Crippen molar-refractivity contribution in [3.63, 3.8) is 0 Å². The Bertz CT molecular complexity index is 973. The lowest BCUT2D eigenvalue weighted by Gasteiger charge is -2.11. The minimum atomic E-state index is -4.02. The molecule has 0 amide bonds. The summed E-state index contributed by atoms with van der Waals surface area (Å²) in [6.07, 6.45) is 0. The van der Waals surface area contributed by atoms with E-state index in [4.69, 9.17) is 10.9 Å². The Morgan fingerprint density at radius 3 is 2.13 bits per heavy atom. The van der Waals surface area contributed by atoms with E-state index in [1.54, 1.807) is 6.07 Å². The highest BCUT2D eigenvalue weighted by Gasteiger charge is 2.23. The van der Waals surface area contributed by atoms with Crippen LogP contribution in [0.5, 0.6) is 0 Å². The number of halogens is 2. The zero-order valence-electron chi connectivity index (χ0n) is 11.5. The highest BCUT2D eigenvalue weighted by Crippen LogP contribution is 2.33. The molecule has 0 bridgehead atoms. The maximum Gasteiger partial charge on any atom is 0.238 e. The van der Waals surface area contributed by atoms with E-state index < -0.39 is 25.6 Å². The molecule has 6 nitrogen and oxygen atoms in total. The second-order valence-corrected chi connectivity index (χ2v) is 9.91. The molecule has 0 aliphatic carbocycles. The fraction of sp³-hybridized carbons (Fsp3) is 0.0769. The van der Waals surface area contributed by atoms with Gasteiger partial charge in [0.1, 0.15) is 0 Å². The Balaban J connectivity index is 2.55. The molecule has 10 heteroatoms. The van der Waals surface area contributed by atoms with E-state index in [9.17, 15) is 16.8 Å². The number of anilines is 1. The van der Waals surface area contributed by atoms with Gasteiger partial charge in [-0.3, -0.25) is 0 Å². The molecule has 0 atom stereocenters. The van der Waals surface area contributed by atoms with Crippen LogP contribution in [-0.2, 0) is 25.6 Å². The van der Waals surface area contributed by atoms with Crippen molar-refractivity contribution in [2.24, 2.45) is 5.14 Å². The quantitative estimate of drug-likeness (QED) is 0.647. The van der Waals surface area contributed by atoms with E-state index in [0.717, 1.165) is 0 Å². The fourth-order valence-electron chi connectivity index (χ4n) is 1.97. The molecule has 2 aromatic carbocycles. The first-order chi connectivity index (χ1) is 10.5. The lowest BCUT2D eigenvalue weighted by Crippen LogP contribution is -2.16. The molecule has 0 fully saturated rings. The normalized spacial score (nSPS) is 12.3. The van der Waals surface area contributed by atoms with Gasteiger partial charge in [0, 0.05) is 14.6 Å². The highest BCUT2D eigenvalue weighted by atomic mass is 79.9. The molecule has 0 unspecified atom stereocenters. The van der Waals surface area contributed by atoms with Gasteiger partial charge in [0.25, 0.3) is 0 Å². The van der Waals surface area contributed by atoms with Crippen molar-refractivity contribution in [2.45, 2.75) is 15.5 Å². The van der Waals surface area contributed by atoms with Crippen LogP contribution in [-0.4, -0.2) is 16.8 Å². The number of hydrogen-bond donors (Lipinski definition) is 2.